The largest absolute Gasteiger partial charge is 0.357 e. The lowest BCUT2D eigenvalue weighted by Gasteiger charge is -2.30. The predicted octanol–water partition coefficient (Wildman–Crippen LogP) is 2.87. The number of aliphatic imine (C=N–C) groups is 1. The van der Waals surface area contributed by atoms with Gasteiger partial charge >= 0.3 is 0 Å². The first-order chi connectivity index (χ1) is 12.4. The van der Waals surface area contributed by atoms with Gasteiger partial charge in [-0.3, -0.25) is 9.79 Å². The molecule has 6 heteroatoms. The van der Waals surface area contributed by atoms with Crippen LogP contribution in [0.5, 0.6) is 0 Å². The van der Waals surface area contributed by atoms with Gasteiger partial charge in [-0.1, -0.05) is 25.0 Å². The summed E-state index contributed by atoms with van der Waals surface area (Å²) in [5, 5.41) is 3.28. The van der Waals surface area contributed by atoms with Crippen LogP contribution < -0.4 is 5.32 Å². The molecular formula is C20H31FN4O. The van der Waals surface area contributed by atoms with E-state index in [2.05, 4.69) is 5.32 Å². The Kier molecular flexibility index (Phi) is 7.00. The summed E-state index contributed by atoms with van der Waals surface area (Å²) in [6, 6.07) is 6.59. The second-order valence-electron chi connectivity index (χ2n) is 7.34. The monoisotopic (exact) mass is 362 g/mol. The van der Waals surface area contributed by atoms with Crippen molar-refractivity contribution in [3.05, 3.63) is 35.6 Å². The van der Waals surface area contributed by atoms with Crippen molar-refractivity contribution in [3.63, 3.8) is 0 Å². The first-order valence-corrected chi connectivity index (χ1v) is 9.33. The van der Waals surface area contributed by atoms with E-state index in [1.165, 1.54) is 12.1 Å². The molecule has 1 aromatic rings. The lowest BCUT2D eigenvalue weighted by molar-refractivity contribution is -0.138. The Balaban J connectivity index is 2.15. The summed E-state index contributed by atoms with van der Waals surface area (Å²) < 4.78 is 13.4. The van der Waals surface area contributed by atoms with E-state index >= 15 is 0 Å². The van der Waals surface area contributed by atoms with Crippen molar-refractivity contribution in [2.45, 2.75) is 39.2 Å². The summed E-state index contributed by atoms with van der Waals surface area (Å²) in [4.78, 5) is 21.2. The Bertz CT molecular complexity index is 638. The van der Waals surface area contributed by atoms with Crippen molar-refractivity contribution in [3.8, 4) is 0 Å². The van der Waals surface area contributed by atoms with Crippen molar-refractivity contribution in [1.29, 1.82) is 0 Å². The Morgan fingerprint density at radius 1 is 1.27 bits per heavy atom. The van der Waals surface area contributed by atoms with Crippen molar-refractivity contribution < 1.29 is 9.18 Å². The third kappa shape index (κ3) is 4.96. The van der Waals surface area contributed by atoms with Crippen LogP contribution in [0.25, 0.3) is 0 Å². The smallest absolute Gasteiger partial charge is 0.230 e. The predicted molar refractivity (Wildman–Crippen MR) is 103 cm³/mol. The average Bonchev–Trinajstić information content (AvgIpc) is 3.07. The van der Waals surface area contributed by atoms with Crippen LogP contribution in [0.2, 0.25) is 0 Å². The van der Waals surface area contributed by atoms with Gasteiger partial charge in [0.05, 0.1) is 12.0 Å². The number of halogens is 1. The van der Waals surface area contributed by atoms with Crippen molar-refractivity contribution in [2.24, 2.45) is 10.4 Å². The molecule has 0 heterocycles. The van der Waals surface area contributed by atoms with Crippen LogP contribution in [0.4, 0.5) is 4.39 Å². The quantitative estimate of drug-likeness (QED) is 0.625. The van der Waals surface area contributed by atoms with E-state index in [4.69, 9.17) is 4.99 Å². The number of nitrogens with zero attached hydrogens (tertiary/aromatic N) is 3. The Labute approximate surface area is 156 Å². The number of amides is 1. The van der Waals surface area contributed by atoms with E-state index in [1.807, 2.05) is 39.0 Å². The molecule has 1 aliphatic rings. The van der Waals surface area contributed by atoms with Crippen LogP contribution >= 0.6 is 0 Å². The van der Waals surface area contributed by atoms with Gasteiger partial charge in [0.25, 0.3) is 0 Å². The molecule has 1 aromatic carbocycles. The fraction of sp³-hybridized carbons (Fsp3) is 0.600. The molecule has 0 spiro atoms. The molecule has 0 atom stereocenters. The molecule has 26 heavy (non-hydrogen) atoms. The Morgan fingerprint density at radius 2 is 1.96 bits per heavy atom. The molecule has 1 saturated carbocycles. The molecule has 0 saturated heterocycles. The number of guanidine groups is 1. The van der Waals surface area contributed by atoms with Gasteiger partial charge in [-0.25, -0.2) is 4.39 Å². The third-order valence-corrected chi connectivity index (χ3v) is 4.96. The second-order valence-corrected chi connectivity index (χ2v) is 7.34. The molecule has 0 radical (unpaired) electrons. The van der Waals surface area contributed by atoms with Crippen LogP contribution in [-0.4, -0.2) is 55.9 Å². The van der Waals surface area contributed by atoms with Gasteiger partial charge in [0.1, 0.15) is 5.82 Å². The number of carbonyl (C=O) groups excluding carboxylic acids is 1. The molecule has 0 aromatic heterocycles. The first kappa shape index (κ1) is 20.2. The summed E-state index contributed by atoms with van der Waals surface area (Å²) in [6.07, 6.45) is 3.93. The van der Waals surface area contributed by atoms with E-state index in [0.717, 1.165) is 43.8 Å². The molecule has 0 unspecified atom stereocenters. The summed E-state index contributed by atoms with van der Waals surface area (Å²) in [5.41, 5.74) is 0.502. The van der Waals surface area contributed by atoms with Crippen molar-refractivity contribution >= 4 is 11.9 Å². The highest BCUT2D eigenvalue weighted by atomic mass is 19.1. The van der Waals surface area contributed by atoms with E-state index in [-0.39, 0.29) is 17.1 Å². The molecular weight excluding hydrogens is 331 g/mol. The third-order valence-electron chi connectivity index (χ3n) is 4.96. The molecule has 1 N–H and O–H groups in total. The van der Waals surface area contributed by atoms with Crippen molar-refractivity contribution in [2.75, 3.05) is 34.2 Å². The number of nitrogens with one attached hydrogen (secondary N) is 1. The van der Waals surface area contributed by atoms with E-state index in [1.54, 1.807) is 11.0 Å². The standard InChI is InChI=1S/C20H31FN4O/c1-5-22-19(25(4)14-16-9-8-10-17(21)13-16)23-15-20(11-6-7-12-20)18(26)24(2)3/h8-10,13H,5-7,11-12,14-15H2,1-4H3,(H,22,23). The minimum Gasteiger partial charge on any atom is -0.357 e. The van der Waals surface area contributed by atoms with Gasteiger partial charge in [0, 0.05) is 34.2 Å². The molecule has 2 rings (SSSR count). The zero-order valence-corrected chi connectivity index (χ0v) is 16.4. The molecule has 1 aliphatic carbocycles. The van der Waals surface area contributed by atoms with Crippen LogP contribution in [-0.2, 0) is 11.3 Å². The molecule has 144 valence electrons. The Hall–Kier alpha value is -2.11. The molecule has 0 bridgehead atoms. The fourth-order valence-corrected chi connectivity index (χ4v) is 3.65. The summed E-state index contributed by atoms with van der Waals surface area (Å²) in [7, 11) is 5.56. The Morgan fingerprint density at radius 3 is 2.54 bits per heavy atom. The lowest BCUT2D eigenvalue weighted by atomic mass is 9.85. The van der Waals surface area contributed by atoms with Gasteiger partial charge in [0.2, 0.25) is 5.91 Å². The van der Waals surface area contributed by atoms with Gasteiger partial charge in [-0.2, -0.15) is 0 Å². The fourth-order valence-electron chi connectivity index (χ4n) is 3.65. The number of carbonyl (C=O) groups is 1. The zero-order chi connectivity index (χ0) is 19.2. The molecule has 5 nitrogen and oxygen atoms in total. The minimum atomic E-state index is -0.385. The zero-order valence-electron chi connectivity index (χ0n) is 16.4. The summed E-state index contributed by atoms with van der Waals surface area (Å²) in [5.74, 6) is 0.677. The molecule has 0 aliphatic heterocycles. The van der Waals surface area contributed by atoms with Crippen molar-refractivity contribution in [1.82, 2.24) is 15.1 Å². The SMILES string of the molecule is CCNC(=NCC1(C(=O)N(C)C)CCCC1)N(C)Cc1cccc(F)c1. The highest BCUT2D eigenvalue weighted by Crippen LogP contribution is 2.39. The van der Waals surface area contributed by atoms with Gasteiger partial charge in [-0.15, -0.1) is 0 Å². The average molecular weight is 362 g/mol. The van der Waals surface area contributed by atoms with Crippen LogP contribution in [0.1, 0.15) is 38.2 Å². The highest BCUT2D eigenvalue weighted by molar-refractivity contribution is 5.84. The number of benzene rings is 1. The summed E-state index contributed by atoms with van der Waals surface area (Å²) >= 11 is 0. The van der Waals surface area contributed by atoms with Crippen LogP contribution in [0.3, 0.4) is 0 Å². The number of rotatable bonds is 6. The second kappa shape index (κ2) is 9.01. The molecule has 1 fully saturated rings. The topological polar surface area (TPSA) is 47.9 Å². The van der Waals surface area contributed by atoms with Crippen LogP contribution in [0, 0.1) is 11.2 Å². The lowest BCUT2D eigenvalue weighted by Crippen LogP contribution is -2.43. The highest BCUT2D eigenvalue weighted by Gasteiger charge is 2.42. The van der Waals surface area contributed by atoms with Gasteiger partial charge < -0.3 is 15.1 Å². The minimum absolute atomic E-state index is 0.169. The number of hydrogen-bond acceptors (Lipinski definition) is 2. The molecule has 1 amide bonds. The van der Waals surface area contributed by atoms with E-state index < -0.39 is 0 Å². The summed E-state index contributed by atoms with van der Waals surface area (Å²) in [6.45, 7) is 3.79. The van der Waals surface area contributed by atoms with E-state index in [0.29, 0.717) is 13.1 Å². The first-order valence-electron chi connectivity index (χ1n) is 9.33. The maximum Gasteiger partial charge on any atom is 0.230 e. The maximum atomic E-state index is 13.4. The normalized spacial score (nSPS) is 16.4. The van der Waals surface area contributed by atoms with Crippen LogP contribution in [0.15, 0.2) is 29.3 Å². The maximum absolute atomic E-state index is 13.4. The van der Waals surface area contributed by atoms with Gasteiger partial charge in [-0.05, 0) is 37.5 Å². The number of hydrogen-bond donors (Lipinski definition) is 1. The van der Waals surface area contributed by atoms with Gasteiger partial charge in [0.15, 0.2) is 5.96 Å². The van der Waals surface area contributed by atoms with E-state index in [9.17, 15) is 9.18 Å².